The molecule has 0 bridgehead atoms. The van der Waals surface area contributed by atoms with Gasteiger partial charge in [0, 0.05) is 11.6 Å². The van der Waals surface area contributed by atoms with E-state index in [-0.39, 0.29) is 23.8 Å². The van der Waals surface area contributed by atoms with E-state index in [0.717, 1.165) is 16.5 Å². The van der Waals surface area contributed by atoms with Crippen LogP contribution in [0.4, 0.5) is 0 Å². The predicted molar refractivity (Wildman–Crippen MR) is 85.8 cm³/mol. The van der Waals surface area contributed by atoms with Crippen LogP contribution in [0.3, 0.4) is 0 Å². The van der Waals surface area contributed by atoms with Crippen molar-refractivity contribution in [3.05, 3.63) is 42.1 Å². The van der Waals surface area contributed by atoms with Gasteiger partial charge in [-0.2, -0.15) is 0 Å². The highest BCUT2D eigenvalue weighted by Gasteiger charge is 2.36. The van der Waals surface area contributed by atoms with Gasteiger partial charge >= 0.3 is 0 Å². The molecule has 5 nitrogen and oxygen atoms in total. The van der Waals surface area contributed by atoms with Crippen LogP contribution in [0.15, 0.2) is 36.5 Å². The van der Waals surface area contributed by atoms with Crippen LogP contribution in [0, 0.1) is 5.92 Å². The number of benzene rings is 1. The Balaban J connectivity index is 1.95. The second kappa shape index (κ2) is 5.95. The molecule has 1 saturated carbocycles. The lowest BCUT2D eigenvalue weighted by Gasteiger charge is -2.38. The second-order valence-electron chi connectivity index (χ2n) is 5.85. The standard InChI is InChI=1S/C16H20N2O3S/c1-2-22(20,21)18-16(12-8-14(19)9-12)13-7-11-5-3-4-6-15(11)17-10-13/h3-7,10,12,14,16,18-19H,2,8-9H2,1H3/t12?,14?,16-/m0/s1. The lowest BCUT2D eigenvalue weighted by atomic mass is 9.75. The minimum atomic E-state index is -3.32. The maximum Gasteiger partial charge on any atom is 0.211 e. The minimum absolute atomic E-state index is 0.0415. The Kier molecular flexibility index (Phi) is 4.16. The van der Waals surface area contributed by atoms with Crippen molar-refractivity contribution in [1.29, 1.82) is 0 Å². The summed E-state index contributed by atoms with van der Waals surface area (Å²) in [5.74, 6) is 0.152. The maximum absolute atomic E-state index is 12.0. The lowest BCUT2D eigenvalue weighted by Crippen LogP contribution is -2.41. The maximum atomic E-state index is 12.0. The molecule has 0 radical (unpaired) electrons. The average molecular weight is 320 g/mol. The molecule has 2 N–H and O–H groups in total. The van der Waals surface area contributed by atoms with Crippen molar-refractivity contribution in [3.63, 3.8) is 0 Å². The van der Waals surface area contributed by atoms with Crippen molar-refractivity contribution in [2.75, 3.05) is 5.75 Å². The number of para-hydroxylation sites is 1. The molecule has 0 amide bonds. The van der Waals surface area contributed by atoms with Crippen molar-refractivity contribution in [2.45, 2.75) is 31.9 Å². The van der Waals surface area contributed by atoms with Crippen LogP contribution in [0.1, 0.15) is 31.4 Å². The summed E-state index contributed by atoms with van der Waals surface area (Å²) in [6.45, 7) is 1.62. The zero-order valence-electron chi connectivity index (χ0n) is 12.4. The largest absolute Gasteiger partial charge is 0.393 e. The number of nitrogens with one attached hydrogen (secondary N) is 1. The van der Waals surface area contributed by atoms with Crippen molar-refractivity contribution in [1.82, 2.24) is 9.71 Å². The summed E-state index contributed by atoms with van der Waals surface area (Å²) in [4.78, 5) is 4.42. The van der Waals surface area contributed by atoms with E-state index in [1.54, 1.807) is 13.1 Å². The molecule has 1 aromatic carbocycles. The van der Waals surface area contributed by atoms with E-state index < -0.39 is 10.0 Å². The van der Waals surface area contributed by atoms with Crippen molar-refractivity contribution >= 4 is 20.9 Å². The third kappa shape index (κ3) is 3.14. The molecule has 22 heavy (non-hydrogen) atoms. The Hall–Kier alpha value is -1.50. The number of sulfonamides is 1. The number of aromatic nitrogens is 1. The molecule has 2 aromatic rings. The molecule has 1 aliphatic rings. The molecular formula is C16H20N2O3S. The summed E-state index contributed by atoms with van der Waals surface area (Å²) in [6.07, 6.45) is 2.63. The normalized spacial score (nSPS) is 23.2. The Morgan fingerprint density at radius 1 is 1.36 bits per heavy atom. The summed E-state index contributed by atoms with van der Waals surface area (Å²) in [6, 6.07) is 9.41. The fourth-order valence-corrected chi connectivity index (χ4v) is 3.76. The van der Waals surface area contributed by atoms with Gasteiger partial charge in [0.05, 0.1) is 23.4 Å². The lowest BCUT2D eigenvalue weighted by molar-refractivity contribution is 0.0280. The number of aliphatic hydroxyl groups excluding tert-OH is 1. The van der Waals surface area contributed by atoms with Gasteiger partial charge in [0.15, 0.2) is 0 Å². The quantitative estimate of drug-likeness (QED) is 0.883. The number of aliphatic hydroxyl groups is 1. The molecule has 0 unspecified atom stereocenters. The Morgan fingerprint density at radius 3 is 2.77 bits per heavy atom. The van der Waals surface area contributed by atoms with Gasteiger partial charge in [-0.15, -0.1) is 0 Å². The summed E-state index contributed by atoms with van der Waals surface area (Å²) in [5.41, 5.74) is 1.74. The molecule has 0 saturated heterocycles. The summed E-state index contributed by atoms with van der Waals surface area (Å²) in [7, 11) is -3.32. The van der Waals surface area contributed by atoms with Crippen LogP contribution in [-0.2, 0) is 10.0 Å². The van der Waals surface area contributed by atoms with Gasteiger partial charge in [0.25, 0.3) is 0 Å². The molecule has 3 rings (SSSR count). The first kappa shape index (κ1) is 15.4. The number of nitrogens with zero attached hydrogens (tertiary/aromatic N) is 1. The number of hydrogen-bond acceptors (Lipinski definition) is 4. The monoisotopic (exact) mass is 320 g/mol. The number of pyridine rings is 1. The highest BCUT2D eigenvalue weighted by molar-refractivity contribution is 7.89. The van der Waals surface area contributed by atoms with Gasteiger partial charge in [-0.1, -0.05) is 18.2 Å². The smallest absolute Gasteiger partial charge is 0.211 e. The highest BCUT2D eigenvalue weighted by Crippen LogP contribution is 2.38. The zero-order valence-corrected chi connectivity index (χ0v) is 13.3. The Morgan fingerprint density at radius 2 is 2.09 bits per heavy atom. The molecule has 1 aromatic heterocycles. The van der Waals surface area contributed by atoms with Crippen LogP contribution in [0.25, 0.3) is 10.9 Å². The average Bonchev–Trinajstić information content (AvgIpc) is 2.49. The van der Waals surface area contributed by atoms with E-state index in [1.165, 1.54) is 0 Å². The zero-order chi connectivity index (χ0) is 15.7. The van der Waals surface area contributed by atoms with Crippen LogP contribution in [0.5, 0.6) is 0 Å². The Labute approximate surface area is 130 Å². The summed E-state index contributed by atoms with van der Waals surface area (Å²) >= 11 is 0. The van der Waals surface area contributed by atoms with E-state index in [1.807, 2.05) is 30.3 Å². The topological polar surface area (TPSA) is 79.3 Å². The first-order valence-corrected chi connectivity index (χ1v) is 9.16. The molecule has 0 spiro atoms. The van der Waals surface area contributed by atoms with Crippen LogP contribution in [0.2, 0.25) is 0 Å². The summed E-state index contributed by atoms with van der Waals surface area (Å²) < 4.78 is 26.7. The molecule has 1 heterocycles. The van der Waals surface area contributed by atoms with Crippen molar-refractivity contribution < 1.29 is 13.5 Å². The number of rotatable bonds is 5. The molecule has 1 atom stereocenters. The fraction of sp³-hybridized carbons (Fsp3) is 0.438. The van der Waals surface area contributed by atoms with Gasteiger partial charge in [0.2, 0.25) is 10.0 Å². The first-order chi connectivity index (χ1) is 10.5. The van der Waals surface area contributed by atoms with Crippen LogP contribution in [-0.4, -0.2) is 30.4 Å². The van der Waals surface area contributed by atoms with E-state index in [2.05, 4.69) is 9.71 Å². The fourth-order valence-electron chi connectivity index (χ4n) is 2.87. The van der Waals surface area contributed by atoms with Gasteiger partial charge < -0.3 is 5.11 Å². The minimum Gasteiger partial charge on any atom is -0.393 e. The van der Waals surface area contributed by atoms with E-state index >= 15 is 0 Å². The van der Waals surface area contributed by atoms with Crippen molar-refractivity contribution in [3.8, 4) is 0 Å². The molecule has 1 fully saturated rings. The van der Waals surface area contributed by atoms with E-state index in [4.69, 9.17) is 0 Å². The SMILES string of the molecule is CCS(=O)(=O)N[C@H](c1cnc2ccccc2c1)C1CC(O)C1. The van der Waals surface area contributed by atoms with Crippen LogP contribution < -0.4 is 4.72 Å². The Bertz CT molecular complexity index is 770. The second-order valence-corrected chi connectivity index (χ2v) is 7.89. The third-order valence-corrected chi connectivity index (χ3v) is 5.65. The number of fused-ring (bicyclic) bond motifs is 1. The van der Waals surface area contributed by atoms with Gasteiger partial charge in [-0.3, -0.25) is 4.98 Å². The molecular weight excluding hydrogens is 300 g/mol. The van der Waals surface area contributed by atoms with Gasteiger partial charge in [-0.05, 0) is 43.4 Å². The van der Waals surface area contributed by atoms with Crippen LogP contribution >= 0.6 is 0 Å². The third-order valence-electron chi connectivity index (χ3n) is 4.28. The van der Waals surface area contributed by atoms with Gasteiger partial charge in [0.1, 0.15) is 0 Å². The summed E-state index contributed by atoms with van der Waals surface area (Å²) in [5, 5.41) is 10.5. The van der Waals surface area contributed by atoms with Gasteiger partial charge in [-0.25, -0.2) is 13.1 Å². The highest BCUT2D eigenvalue weighted by atomic mass is 32.2. The molecule has 118 valence electrons. The van der Waals surface area contributed by atoms with E-state index in [9.17, 15) is 13.5 Å². The molecule has 1 aliphatic carbocycles. The molecule has 6 heteroatoms. The van der Waals surface area contributed by atoms with Crippen molar-refractivity contribution in [2.24, 2.45) is 5.92 Å². The number of hydrogen-bond donors (Lipinski definition) is 2. The first-order valence-electron chi connectivity index (χ1n) is 7.51. The van der Waals surface area contributed by atoms with E-state index in [0.29, 0.717) is 12.8 Å². The molecule has 0 aliphatic heterocycles. The predicted octanol–water partition coefficient (Wildman–Crippen LogP) is 1.99.